The summed E-state index contributed by atoms with van der Waals surface area (Å²) in [5, 5.41) is 8.68. The quantitative estimate of drug-likeness (QED) is 0.533. The molecule has 0 saturated heterocycles. The second kappa shape index (κ2) is 8.79. The van der Waals surface area contributed by atoms with Crippen LogP contribution < -0.4 is 5.32 Å². The summed E-state index contributed by atoms with van der Waals surface area (Å²) in [6.07, 6.45) is 1.56. The number of aromatic nitrogens is 2. The highest BCUT2D eigenvalue weighted by Crippen LogP contribution is 2.24. The van der Waals surface area contributed by atoms with Gasteiger partial charge < -0.3 is 5.32 Å². The molecule has 1 heterocycles. The third-order valence-corrected chi connectivity index (χ3v) is 5.23. The van der Waals surface area contributed by atoms with E-state index in [1.54, 1.807) is 17.7 Å². The van der Waals surface area contributed by atoms with Gasteiger partial charge in [0.05, 0.1) is 27.0 Å². The summed E-state index contributed by atoms with van der Waals surface area (Å²) < 4.78 is 1.57. The first-order valence-corrected chi connectivity index (χ1v) is 9.63. The predicted molar refractivity (Wildman–Crippen MR) is 110 cm³/mol. The number of halogens is 3. The van der Waals surface area contributed by atoms with E-state index in [1.807, 2.05) is 42.5 Å². The van der Waals surface area contributed by atoms with Gasteiger partial charge in [-0.15, -0.1) is 0 Å². The standard InChI is InChI=1S/C20H18Cl3N3O/c1-13-18(19(23)26(25-13)15-7-3-2-4-8-15)20(27)24-11-5-6-14-9-10-16(21)17(22)12-14/h2-4,7-10,12H,5-6,11H2,1H3,(H,24,27). The highest BCUT2D eigenvalue weighted by atomic mass is 35.5. The fraction of sp³-hybridized carbons (Fsp3) is 0.200. The molecule has 1 N–H and O–H groups in total. The van der Waals surface area contributed by atoms with E-state index in [0.29, 0.717) is 33.0 Å². The minimum absolute atomic E-state index is 0.228. The maximum absolute atomic E-state index is 12.6. The Labute approximate surface area is 173 Å². The number of benzene rings is 2. The largest absolute Gasteiger partial charge is 0.352 e. The molecule has 0 fully saturated rings. The number of amides is 1. The average molecular weight is 423 g/mol. The molecule has 2 aromatic carbocycles. The van der Waals surface area contributed by atoms with E-state index in [9.17, 15) is 4.79 Å². The Balaban J connectivity index is 1.61. The van der Waals surface area contributed by atoms with Crippen molar-refractivity contribution in [2.75, 3.05) is 6.54 Å². The number of nitrogens with one attached hydrogen (secondary N) is 1. The van der Waals surface area contributed by atoms with Crippen LogP contribution in [0.2, 0.25) is 15.2 Å². The molecule has 3 rings (SSSR count). The molecule has 0 saturated carbocycles. The summed E-state index contributed by atoms with van der Waals surface area (Å²) in [6.45, 7) is 2.29. The van der Waals surface area contributed by atoms with Crippen LogP contribution in [0.5, 0.6) is 0 Å². The van der Waals surface area contributed by atoms with E-state index in [2.05, 4.69) is 10.4 Å². The van der Waals surface area contributed by atoms with E-state index in [1.165, 1.54) is 0 Å². The zero-order valence-electron chi connectivity index (χ0n) is 14.7. The lowest BCUT2D eigenvalue weighted by molar-refractivity contribution is 0.0953. The maximum atomic E-state index is 12.6. The Hall–Kier alpha value is -2.01. The Morgan fingerprint density at radius 2 is 1.81 bits per heavy atom. The van der Waals surface area contributed by atoms with Crippen LogP contribution in [-0.2, 0) is 6.42 Å². The molecule has 7 heteroatoms. The van der Waals surface area contributed by atoms with E-state index in [-0.39, 0.29) is 5.91 Å². The van der Waals surface area contributed by atoms with Crippen LogP contribution in [0.25, 0.3) is 5.69 Å². The number of aryl methyl sites for hydroxylation is 2. The van der Waals surface area contributed by atoms with Crippen LogP contribution in [0.1, 0.15) is 28.0 Å². The molecular formula is C20H18Cl3N3O. The fourth-order valence-electron chi connectivity index (χ4n) is 2.78. The van der Waals surface area contributed by atoms with Crippen molar-refractivity contribution in [2.24, 2.45) is 0 Å². The highest BCUT2D eigenvalue weighted by molar-refractivity contribution is 6.42. The third-order valence-electron chi connectivity index (χ3n) is 4.14. The number of hydrogen-bond donors (Lipinski definition) is 1. The average Bonchev–Trinajstić information content (AvgIpc) is 2.96. The minimum atomic E-state index is -0.228. The number of para-hydroxylation sites is 1. The van der Waals surface area contributed by atoms with Crippen molar-refractivity contribution in [1.29, 1.82) is 0 Å². The smallest absolute Gasteiger partial charge is 0.256 e. The van der Waals surface area contributed by atoms with Gasteiger partial charge in [0.25, 0.3) is 5.91 Å². The van der Waals surface area contributed by atoms with Crippen LogP contribution in [0.15, 0.2) is 48.5 Å². The molecule has 0 atom stereocenters. The molecule has 0 spiro atoms. The molecule has 0 aliphatic carbocycles. The van der Waals surface area contributed by atoms with Crippen LogP contribution in [0, 0.1) is 6.92 Å². The molecular weight excluding hydrogens is 405 g/mol. The minimum Gasteiger partial charge on any atom is -0.352 e. The van der Waals surface area contributed by atoms with Crippen molar-refractivity contribution >= 4 is 40.7 Å². The van der Waals surface area contributed by atoms with Gasteiger partial charge in [-0.2, -0.15) is 5.10 Å². The normalized spacial score (nSPS) is 10.8. The van der Waals surface area contributed by atoms with Crippen molar-refractivity contribution in [3.8, 4) is 5.69 Å². The lowest BCUT2D eigenvalue weighted by Crippen LogP contribution is -2.25. The van der Waals surface area contributed by atoms with Crippen molar-refractivity contribution in [1.82, 2.24) is 15.1 Å². The van der Waals surface area contributed by atoms with Gasteiger partial charge in [-0.25, -0.2) is 4.68 Å². The van der Waals surface area contributed by atoms with Crippen LogP contribution in [0.4, 0.5) is 0 Å². The second-order valence-electron chi connectivity index (χ2n) is 6.11. The van der Waals surface area contributed by atoms with E-state index < -0.39 is 0 Å². The van der Waals surface area contributed by atoms with Crippen molar-refractivity contribution in [3.63, 3.8) is 0 Å². The van der Waals surface area contributed by atoms with E-state index >= 15 is 0 Å². The highest BCUT2D eigenvalue weighted by Gasteiger charge is 2.20. The molecule has 0 aliphatic rings. The molecule has 0 bridgehead atoms. The predicted octanol–water partition coefficient (Wildman–Crippen LogP) is 5.50. The summed E-state index contributed by atoms with van der Waals surface area (Å²) in [5.74, 6) is -0.228. The monoisotopic (exact) mass is 421 g/mol. The first kappa shape index (κ1) is 19.7. The van der Waals surface area contributed by atoms with Gasteiger partial charge in [0.1, 0.15) is 5.15 Å². The number of rotatable bonds is 6. The molecule has 3 aromatic rings. The van der Waals surface area contributed by atoms with E-state index in [0.717, 1.165) is 24.1 Å². The Morgan fingerprint density at radius 3 is 2.52 bits per heavy atom. The zero-order chi connectivity index (χ0) is 19.4. The molecule has 4 nitrogen and oxygen atoms in total. The fourth-order valence-corrected chi connectivity index (χ4v) is 3.45. The molecule has 0 unspecified atom stereocenters. The van der Waals surface area contributed by atoms with Crippen LogP contribution >= 0.6 is 34.8 Å². The number of hydrogen-bond acceptors (Lipinski definition) is 2. The van der Waals surface area contributed by atoms with Crippen LogP contribution in [-0.4, -0.2) is 22.2 Å². The number of carbonyl (C=O) groups is 1. The molecule has 0 aliphatic heterocycles. The summed E-state index contributed by atoms with van der Waals surface area (Å²) in [7, 11) is 0. The Kier molecular flexibility index (Phi) is 6.42. The summed E-state index contributed by atoms with van der Waals surface area (Å²) in [6, 6.07) is 15.0. The van der Waals surface area contributed by atoms with Crippen molar-refractivity contribution in [3.05, 3.63) is 80.6 Å². The second-order valence-corrected chi connectivity index (χ2v) is 7.28. The number of nitrogens with zero attached hydrogens (tertiary/aromatic N) is 2. The van der Waals surface area contributed by atoms with Crippen molar-refractivity contribution < 1.29 is 4.79 Å². The first-order chi connectivity index (χ1) is 13.0. The van der Waals surface area contributed by atoms with Gasteiger partial charge in [-0.3, -0.25) is 4.79 Å². The summed E-state index contributed by atoms with van der Waals surface area (Å²) in [5.41, 5.74) is 2.87. The summed E-state index contributed by atoms with van der Waals surface area (Å²) in [4.78, 5) is 12.6. The molecule has 27 heavy (non-hydrogen) atoms. The van der Waals surface area contributed by atoms with E-state index in [4.69, 9.17) is 34.8 Å². The molecule has 140 valence electrons. The third kappa shape index (κ3) is 4.64. The van der Waals surface area contributed by atoms with Gasteiger partial charge in [0.15, 0.2) is 0 Å². The summed E-state index contributed by atoms with van der Waals surface area (Å²) >= 11 is 18.3. The van der Waals surface area contributed by atoms with Crippen LogP contribution in [0.3, 0.4) is 0 Å². The molecule has 1 amide bonds. The number of carbonyl (C=O) groups excluding carboxylic acids is 1. The van der Waals surface area contributed by atoms with Gasteiger partial charge in [0.2, 0.25) is 0 Å². The molecule has 1 aromatic heterocycles. The topological polar surface area (TPSA) is 46.9 Å². The van der Waals surface area contributed by atoms with Gasteiger partial charge >= 0.3 is 0 Å². The molecule has 0 radical (unpaired) electrons. The lowest BCUT2D eigenvalue weighted by atomic mass is 10.1. The maximum Gasteiger partial charge on any atom is 0.256 e. The van der Waals surface area contributed by atoms with Gasteiger partial charge in [-0.05, 0) is 49.6 Å². The SMILES string of the molecule is Cc1nn(-c2ccccc2)c(Cl)c1C(=O)NCCCc1ccc(Cl)c(Cl)c1. The van der Waals surface area contributed by atoms with Gasteiger partial charge in [-0.1, -0.05) is 59.1 Å². The Morgan fingerprint density at radius 1 is 1.07 bits per heavy atom. The van der Waals surface area contributed by atoms with Crippen molar-refractivity contribution in [2.45, 2.75) is 19.8 Å². The zero-order valence-corrected chi connectivity index (χ0v) is 16.9. The lowest BCUT2D eigenvalue weighted by Gasteiger charge is -2.07. The Bertz CT molecular complexity index is 955. The first-order valence-electron chi connectivity index (χ1n) is 8.50. The van der Waals surface area contributed by atoms with Gasteiger partial charge in [0, 0.05) is 6.54 Å².